The number of halogens is 1. The van der Waals surface area contributed by atoms with Gasteiger partial charge in [-0.3, -0.25) is 4.79 Å². The molecule has 7 nitrogen and oxygen atoms in total. The molecule has 2 rings (SSSR count). The van der Waals surface area contributed by atoms with Crippen molar-refractivity contribution in [3.05, 3.63) is 30.6 Å². The van der Waals surface area contributed by atoms with Crippen LogP contribution in [0.25, 0.3) is 5.69 Å². The van der Waals surface area contributed by atoms with Crippen molar-refractivity contribution >= 4 is 24.0 Å². The van der Waals surface area contributed by atoms with E-state index in [1.807, 2.05) is 19.1 Å². The summed E-state index contributed by atoms with van der Waals surface area (Å²) in [6, 6.07) is 7.08. The maximum absolute atomic E-state index is 11.9. The Morgan fingerprint density at radius 3 is 2.75 bits per heavy atom. The Labute approximate surface area is 123 Å². The molecule has 0 fully saturated rings. The second kappa shape index (κ2) is 6.97. The summed E-state index contributed by atoms with van der Waals surface area (Å²) in [7, 11) is 0. The highest BCUT2D eigenvalue weighted by Gasteiger charge is 2.17. The maximum Gasteiger partial charge on any atom is 0.228 e. The number of hydrogen-bond acceptors (Lipinski definition) is 5. The molecule has 0 saturated heterocycles. The van der Waals surface area contributed by atoms with Crippen LogP contribution in [-0.2, 0) is 4.79 Å². The zero-order valence-electron chi connectivity index (χ0n) is 11.2. The smallest absolute Gasteiger partial charge is 0.228 e. The lowest BCUT2D eigenvalue weighted by molar-refractivity contribution is -0.119. The van der Waals surface area contributed by atoms with Gasteiger partial charge in [-0.1, -0.05) is 13.0 Å². The number of tetrazole rings is 1. The summed E-state index contributed by atoms with van der Waals surface area (Å²) >= 11 is 0. The van der Waals surface area contributed by atoms with Gasteiger partial charge in [0.2, 0.25) is 5.91 Å². The van der Waals surface area contributed by atoms with Crippen molar-refractivity contribution in [1.82, 2.24) is 20.2 Å². The molecule has 20 heavy (non-hydrogen) atoms. The lowest BCUT2D eigenvalue weighted by Gasteiger charge is -2.15. The Morgan fingerprint density at radius 2 is 2.15 bits per heavy atom. The Bertz CT molecular complexity index is 557. The molecule has 1 aromatic carbocycles. The van der Waals surface area contributed by atoms with E-state index in [0.717, 1.165) is 5.69 Å². The van der Waals surface area contributed by atoms with Gasteiger partial charge in [0.05, 0.1) is 11.6 Å². The number of nitrogens with zero attached hydrogens (tertiary/aromatic N) is 4. The first kappa shape index (κ1) is 16.1. The fraction of sp³-hybridized carbons (Fsp3) is 0.333. The highest BCUT2D eigenvalue weighted by molar-refractivity contribution is 5.93. The van der Waals surface area contributed by atoms with E-state index in [1.165, 1.54) is 11.0 Å². The summed E-state index contributed by atoms with van der Waals surface area (Å²) in [6.45, 7) is 3.60. The van der Waals surface area contributed by atoms with E-state index >= 15 is 0 Å². The second-order valence-corrected chi connectivity index (χ2v) is 4.44. The molecule has 1 amide bonds. The van der Waals surface area contributed by atoms with Crippen LogP contribution in [0.2, 0.25) is 0 Å². The van der Waals surface area contributed by atoms with Crippen LogP contribution in [-0.4, -0.2) is 32.2 Å². The van der Waals surface area contributed by atoms with Crippen LogP contribution in [0.1, 0.15) is 13.8 Å². The molecule has 0 radical (unpaired) electrons. The topological polar surface area (TPSA) is 98.7 Å². The van der Waals surface area contributed by atoms with Gasteiger partial charge in [-0.05, 0) is 35.5 Å². The Hall–Kier alpha value is -1.99. The van der Waals surface area contributed by atoms with E-state index in [4.69, 9.17) is 5.73 Å². The quantitative estimate of drug-likeness (QED) is 0.877. The van der Waals surface area contributed by atoms with E-state index in [1.54, 1.807) is 19.1 Å². The third-order valence-electron chi connectivity index (χ3n) is 2.93. The van der Waals surface area contributed by atoms with Crippen LogP contribution in [0, 0.1) is 5.92 Å². The first-order valence-corrected chi connectivity index (χ1v) is 5.98. The Balaban J connectivity index is 0.00000200. The minimum Gasteiger partial charge on any atom is -0.327 e. The molecule has 2 unspecified atom stereocenters. The third kappa shape index (κ3) is 3.75. The molecule has 0 saturated carbocycles. The molecule has 0 aliphatic heterocycles. The number of nitrogens with one attached hydrogen (secondary N) is 1. The van der Waals surface area contributed by atoms with Crippen LogP contribution >= 0.6 is 12.4 Å². The van der Waals surface area contributed by atoms with Crippen molar-refractivity contribution in [2.24, 2.45) is 11.7 Å². The van der Waals surface area contributed by atoms with E-state index in [0.29, 0.717) is 5.69 Å². The monoisotopic (exact) mass is 296 g/mol. The molecule has 0 aliphatic carbocycles. The van der Waals surface area contributed by atoms with Crippen LogP contribution in [0.4, 0.5) is 5.69 Å². The molecule has 0 bridgehead atoms. The minimum atomic E-state index is -0.253. The average Bonchev–Trinajstić information content (AvgIpc) is 2.91. The third-order valence-corrected chi connectivity index (χ3v) is 2.93. The Morgan fingerprint density at radius 1 is 1.40 bits per heavy atom. The molecule has 2 atom stereocenters. The summed E-state index contributed by atoms with van der Waals surface area (Å²) in [4.78, 5) is 11.9. The highest BCUT2D eigenvalue weighted by atomic mass is 35.5. The zero-order valence-corrected chi connectivity index (χ0v) is 12.0. The van der Waals surface area contributed by atoms with Gasteiger partial charge < -0.3 is 11.1 Å². The summed E-state index contributed by atoms with van der Waals surface area (Å²) in [5.74, 6) is -0.361. The van der Waals surface area contributed by atoms with Crippen LogP contribution in [0.3, 0.4) is 0 Å². The number of anilines is 1. The van der Waals surface area contributed by atoms with Crippen LogP contribution in [0.5, 0.6) is 0 Å². The fourth-order valence-corrected chi connectivity index (χ4v) is 1.50. The maximum atomic E-state index is 11.9. The number of carbonyl (C=O) groups excluding carboxylic acids is 1. The van der Waals surface area contributed by atoms with Gasteiger partial charge in [-0.2, -0.15) is 0 Å². The summed E-state index contributed by atoms with van der Waals surface area (Å²) in [6.07, 6.45) is 1.49. The lowest BCUT2D eigenvalue weighted by Crippen LogP contribution is -2.34. The molecule has 2 aromatic rings. The fourth-order valence-electron chi connectivity index (χ4n) is 1.50. The molecule has 1 aromatic heterocycles. The molecule has 3 N–H and O–H groups in total. The number of aromatic nitrogens is 4. The summed E-state index contributed by atoms with van der Waals surface area (Å²) in [5.41, 5.74) is 7.17. The van der Waals surface area contributed by atoms with E-state index in [9.17, 15) is 4.79 Å². The normalized spacial score (nSPS) is 13.2. The Kier molecular flexibility index (Phi) is 5.60. The molecule has 8 heteroatoms. The molecular formula is C12H17ClN6O. The van der Waals surface area contributed by atoms with Crippen molar-refractivity contribution in [2.45, 2.75) is 19.9 Å². The van der Waals surface area contributed by atoms with E-state index in [2.05, 4.69) is 20.8 Å². The number of amides is 1. The van der Waals surface area contributed by atoms with Crippen molar-refractivity contribution in [1.29, 1.82) is 0 Å². The number of benzene rings is 1. The molecule has 108 valence electrons. The van der Waals surface area contributed by atoms with Crippen LogP contribution < -0.4 is 11.1 Å². The van der Waals surface area contributed by atoms with Crippen molar-refractivity contribution in [3.63, 3.8) is 0 Å². The molecule has 0 aliphatic rings. The first-order chi connectivity index (χ1) is 9.08. The number of hydrogen-bond donors (Lipinski definition) is 2. The van der Waals surface area contributed by atoms with E-state index in [-0.39, 0.29) is 30.3 Å². The predicted octanol–water partition coefficient (Wildman–Crippen LogP) is 1.01. The highest BCUT2D eigenvalue weighted by Crippen LogP contribution is 2.14. The second-order valence-electron chi connectivity index (χ2n) is 4.44. The van der Waals surface area contributed by atoms with Crippen molar-refractivity contribution < 1.29 is 4.79 Å². The first-order valence-electron chi connectivity index (χ1n) is 5.98. The molecule has 0 spiro atoms. The number of carbonyl (C=O) groups is 1. The SMILES string of the molecule is CC(N)C(C)C(=O)Nc1cccc(-n2cnnn2)c1.Cl. The average molecular weight is 297 g/mol. The lowest BCUT2D eigenvalue weighted by atomic mass is 10.0. The number of nitrogens with two attached hydrogens (primary N) is 1. The largest absolute Gasteiger partial charge is 0.327 e. The van der Waals surface area contributed by atoms with Crippen molar-refractivity contribution in [3.8, 4) is 5.69 Å². The van der Waals surface area contributed by atoms with Gasteiger partial charge in [0.25, 0.3) is 0 Å². The van der Waals surface area contributed by atoms with Gasteiger partial charge >= 0.3 is 0 Å². The standard InChI is InChI=1S/C12H16N6O.ClH/c1-8(9(2)13)12(19)15-10-4-3-5-11(6-10)18-7-14-16-17-18;/h3-9H,13H2,1-2H3,(H,15,19);1H. The van der Waals surface area contributed by atoms with Crippen LogP contribution in [0.15, 0.2) is 30.6 Å². The predicted molar refractivity (Wildman–Crippen MR) is 77.8 cm³/mol. The van der Waals surface area contributed by atoms with Crippen molar-refractivity contribution in [2.75, 3.05) is 5.32 Å². The van der Waals surface area contributed by atoms with Gasteiger partial charge in [0, 0.05) is 11.7 Å². The van der Waals surface area contributed by atoms with Gasteiger partial charge in [-0.15, -0.1) is 17.5 Å². The molecule has 1 heterocycles. The van der Waals surface area contributed by atoms with Gasteiger partial charge in [-0.25, -0.2) is 4.68 Å². The van der Waals surface area contributed by atoms with Gasteiger partial charge in [0.15, 0.2) is 0 Å². The van der Waals surface area contributed by atoms with E-state index < -0.39 is 0 Å². The minimum absolute atomic E-state index is 0. The molecular weight excluding hydrogens is 280 g/mol. The zero-order chi connectivity index (χ0) is 13.8. The number of rotatable bonds is 4. The summed E-state index contributed by atoms with van der Waals surface area (Å²) in [5, 5.41) is 13.8. The van der Waals surface area contributed by atoms with Gasteiger partial charge in [0.1, 0.15) is 6.33 Å². The summed E-state index contributed by atoms with van der Waals surface area (Å²) < 4.78 is 1.52.